The topological polar surface area (TPSA) is 256 Å². The van der Waals surface area contributed by atoms with Crippen molar-refractivity contribution in [3.05, 3.63) is 35.9 Å². The Balaban J connectivity index is -0.000000561. The predicted molar refractivity (Wildman–Crippen MR) is 290 cm³/mol. The average molecular weight is 1320 g/mol. The molecule has 0 saturated carbocycles. The lowest BCUT2D eigenvalue weighted by Crippen LogP contribution is -2.37. The summed E-state index contributed by atoms with van der Waals surface area (Å²) in [6.07, 6.45) is -24.5. The fourth-order valence-electron chi connectivity index (χ4n) is 6.37. The standard InChI is InChI=1S/C20H24F6N2O4.2C12H18F6N2O2.C7H19N3.C2H6/c21-19(22,23)16(29)10-7-13-28(18(31)32-14-15-8-3-1-4-9-15)12-6-2-5-11-27-17(30)20(24,25)26;2*13-11(14,15)9(21)5-4-7-19-6-2-1-3-8-20-10(22)12(16,17)18;8-4-2-1-3-6-10-7-5-9;1-2/h1,3-4,8-9H,2,5-7,10-14H2,(H,27,30);2*19H,1-8H2,(H,20,22);10H,1-9H2;1-2H3. The van der Waals surface area contributed by atoms with E-state index in [4.69, 9.17) is 16.2 Å². The predicted octanol–water partition coefficient (Wildman–Crippen LogP) is 9.75. The molecule has 0 atom stereocenters. The zero-order valence-corrected chi connectivity index (χ0v) is 49.2. The smallest absolute Gasteiger partial charge is 0.445 e. The highest BCUT2D eigenvalue weighted by Gasteiger charge is 2.41. The number of Topliss-reactive ketones (excluding diaryl/α,β-unsaturated/α-hetero) is 3. The number of carbonyl (C=O) groups excluding carboxylic acids is 7. The van der Waals surface area contributed by atoms with Crippen LogP contribution in [0.5, 0.6) is 0 Å². The van der Waals surface area contributed by atoms with E-state index in [0.29, 0.717) is 70.0 Å². The van der Waals surface area contributed by atoms with Gasteiger partial charge in [-0.05, 0) is 122 Å². The number of amides is 4. The summed E-state index contributed by atoms with van der Waals surface area (Å²) < 4.78 is 220. The van der Waals surface area contributed by atoms with Crippen molar-refractivity contribution in [1.82, 2.24) is 36.8 Å². The van der Waals surface area contributed by atoms with E-state index >= 15 is 0 Å². The summed E-state index contributed by atoms with van der Waals surface area (Å²) in [5, 5.41) is 14.1. The molecule has 0 aliphatic rings. The van der Waals surface area contributed by atoms with Crippen LogP contribution in [-0.2, 0) is 40.1 Å². The normalized spacial score (nSPS) is 11.6. The van der Waals surface area contributed by atoms with Gasteiger partial charge in [0.05, 0.1) is 0 Å². The van der Waals surface area contributed by atoms with Crippen LogP contribution in [0.15, 0.2) is 30.3 Å². The van der Waals surface area contributed by atoms with Crippen molar-refractivity contribution in [3.63, 3.8) is 0 Å². The van der Waals surface area contributed by atoms with Gasteiger partial charge in [0.15, 0.2) is 0 Å². The van der Waals surface area contributed by atoms with Crippen LogP contribution >= 0.6 is 0 Å². The van der Waals surface area contributed by atoms with Gasteiger partial charge in [-0.25, -0.2) is 4.79 Å². The van der Waals surface area contributed by atoms with Gasteiger partial charge in [-0.2, -0.15) is 79.0 Å². The van der Waals surface area contributed by atoms with Crippen LogP contribution < -0.4 is 43.4 Å². The summed E-state index contributed by atoms with van der Waals surface area (Å²) in [6.45, 7) is 8.52. The zero-order valence-electron chi connectivity index (χ0n) is 49.2. The number of unbranched alkanes of at least 4 members (excludes halogenated alkanes) is 8. The second kappa shape index (κ2) is 51.2. The number of ketones is 3. The number of ether oxygens (including phenoxy) is 1. The second-order valence-electron chi connectivity index (χ2n) is 18.4. The third kappa shape index (κ3) is 55.7. The molecule has 0 aliphatic heterocycles. The second-order valence-corrected chi connectivity index (χ2v) is 18.4. The molecule has 1 rings (SSSR count). The molecule has 0 radical (unpaired) electrons. The number of halogens is 18. The van der Waals surface area contributed by atoms with E-state index in [1.807, 2.05) is 13.8 Å². The average Bonchev–Trinajstić information content (AvgIpc) is 3.50. The van der Waals surface area contributed by atoms with Gasteiger partial charge in [-0.15, -0.1) is 0 Å². The number of alkyl halides is 18. The fraction of sp³-hybridized carbons (Fsp3) is 0.755. The van der Waals surface area contributed by atoms with Crippen molar-refractivity contribution in [2.24, 2.45) is 11.5 Å². The fourth-order valence-corrected chi connectivity index (χ4v) is 6.37. The van der Waals surface area contributed by atoms with Crippen molar-refractivity contribution in [2.45, 2.75) is 173 Å². The Morgan fingerprint density at radius 3 is 1.02 bits per heavy atom. The van der Waals surface area contributed by atoms with E-state index in [1.165, 1.54) is 12.8 Å². The number of nitrogens with two attached hydrogens (primary N) is 2. The molecule has 88 heavy (non-hydrogen) atoms. The molecule has 0 aromatic heterocycles. The highest BCUT2D eigenvalue weighted by Crippen LogP contribution is 2.21. The van der Waals surface area contributed by atoms with Crippen LogP contribution in [0.25, 0.3) is 0 Å². The summed E-state index contributed by atoms with van der Waals surface area (Å²) in [5.74, 6) is -11.4. The molecule has 0 unspecified atom stereocenters. The summed E-state index contributed by atoms with van der Waals surface area (Å²) in [6, 6.07) is 8.68. The molecule has 0 spiro atoms. The molecule has 0 bridgehead atoms. The van der Waals surface area contributed by atoms with Gasteiger partial charge in [-0.3, -0.25) is 28.8 Å². The van der Waals surface area contributed by atoms with Crippen molar-refractivity contribution in [3.8, 4) is 0 Å². The number of nitrogens with zero attached hydrogens (tertiary/aromatic N) is 1. The number of carbonyl (C=O) groups is 7. The Hall–Kier alpha value is -5.55. The summed E-state index contributed by atoms with van der Waals surface area (Å²) in [5.41, 5.74) is 11.3. The molecule has 35 heteroatoms. The lowest BCUT2D eigenvalue weighted by molar-refractivity contribution is -0.173. The quantitative estimate of drug-likeness (QED) is 0.0226. The maximum atomic E-state index is 12.3. The van der Waals surface area contributed by atoms with E-state index in [9.17, 15) is 113 Å². The molecule has 1 aromatic carbocycles. The van der Waals surface area contributed by atoms with Gasteiger partial charge in [0.2, 0.25) is 17.3 Å². The maximum absolute atomic E-state index is 12.3. The van der Waals surface area contributed by atoms with E-state index in [2.05, 4.69) is 16.0 Å². The van der Waals surface area contributed by atoms with Crippen LogP contribution in [-0.4, -0.2) is 168 Å². The van der Waals surface area contributed by atoms with Crippen LogP contribution in [0.1, 0.15) is 135 Å². The molecular formula is C53H85F18N9O8. The minimum Gasteiger partial charge on any atom is -0.445 e. The Labute approximate surface area is 500 Å². The van der Waals surface area contributed by atoms with Gasteiger partial charge < -0.3 is 53.0 Å². The molecule has 17 nitrogen and oxygen atoms in total. The Morgan fingerprint density at radius 1 is 0.375 bits per heavy atom. The Kier molecular flexibility index (Phi) is 51.7. The first kappa shape index (κ1) is 88.9. The van der Waals surface area contributed by atoms with E-state index in [-0.39, 0.29) is 78.1 Å². The van der Waals surface area contributed by atoms with Crippen LogP contribution in [0.4, 0.5) is 83.8 Å². The molecule has 516 valence electrons. The molecule has 0 heterocycles. The summed E-state index contributed by atoms with van der Waals surface area (Å²) >= 11 is 0. The Morgan fingerprint density at radius 2 is 0.682 bits per heavy atom. The van der Waals surface area contributed by atoms with Crippen LogP contribution in [0, 0.1) is 0 Å². The van der Waals surface area contributed by atoms with Gasteiger partial charge in [0.25, 0.3) is 0 Å². The highest BCUT2D eigenvalue weighted by atomic mass is 19.4. The van der Waals surface area contributed by atoms with E-state index < -0.39 is 97.5 Å². The first-order valence-corrected chi connectivity index (χ1v) is 28.3. The van der Waals surface area contributed by atoms with Gasteiger partial charge >= 0.3 is 60.9 Å². The molecule has 4 amide bonds. The number of benzene rings is 1. The van der Waals surface area contributed by atoms with E-state index in [1.54, 1.807) is 46.3 Å². The van der Waals surface area contributed by atoms with Crippen molar-refractivity contribution < 1.29 is 117 Å². The number of nitrogens with one attached hydrogen (secondary N) is 6. The summed E-state index contributed by atoms with van der Waals surface area (Å²) in [4.78, 5) is 77.1. The molecule has 10 N–H and O–H groups in total. The van der Waals surface area contributed by atoms with Crippen molar-refractivity contribution in [1.29, 1.82) is 0 Å². The third-order valence-electron chi connectivity index (χ3n) is 10.9. The Bertz CT molecular complexity index is 1850. The largest absolute Gasteiger partial charge is 0.471 e. The van der Waals surface area contributed by atoms with Gasteiger partial charge in [0, 0.05) is 65.1 Å². The minimum absolute atomic E-state index is 0.0544. The van der Waals surface area contributed by atoms with E-state index in [0.717, 1.165) is 37.5 Å². The van der Waals surface area contributed by atoms with Crippen molar-refractivity contribution in [2.75, 3.05) is 85.1 Å². The minimum atomic E-state index is -4.97. The SMILES string of the molecule is CC.NCCCCCNCCN.O=C(CCCNCCCCCNC(=O)C(F)(F)F)C(F)(F)F.O=C(CCCNCCCCCNC(=O)C(F)(F)F)C(F)(F)F.O=C(OCc1ccccc1)N(CCCCCNC(=O)C(F)(F)F)CCCC(=O)C(F)(F)F. The number of hydrogen-bond acceptors (Lipinski definition) is 13. The zero-order chi connectivity index (χ0) is 68.3. The molecule has 0 aliphatic carbocycles. The lowest BCUT2D eigenvalue weighted by atomic mass is 10.2. The van der Waals surface area contributed by atoms with Crippen LogP contribution in [0.3, 0.4) is 0 Å². The van der Waals surface area contributed by atoms with Crippen molar-refractivity contribution >= 4 is 41.2 Å². The molecule has 0 fully saturated rings. The summed E-state index contributed by atoms with van der Waals surface area (Å²) in [7, 11) is 0. The lowest BCUT2D eigenvalue weighted by Gasteiger charge is -2.22. The van der Waals surface area contributed by atoms with Gasteiger partial charge in [0.1, 0.15) is 6.61 Å². The highest BCUT2D eigenvalue weighted by molar-refractivity contribution is 5.85. The first-order chi connectivity index (χ1) is 40.9. The first-order valence-electron chi connectivity index (χ1n) is 28.3. The van der Waals surface area contributed by atoms with Gasteiger partial charge in [-0.1, -0.05) is 63.4 Å². The monoisotopic (exact) mass is 1320 g/mol. The number of rotatable bonds is 39. The molecule has 1 aromatic rings. The third-order valence-corrected chi connectivity index (χ3v) is 10.9. The molecule has 0 saturated heterocycles. The maximum Gasteiger partial charge on any atom is 0.471 e. The van der Waals surface area contributed by atoms with Crippen LogP contribution in [0.2, 0.25) is 0 Å². The number of hydrogen-bond donors (Lipinski definition) is 8. The molecular weight excluding hydrogens is 1230 g/mol.